The third-order valence-corrected chi connectivity index (χ3v) is 5.11. The van der Waals surface area contributed by atoms with Gasteiger partial charge in [0.1, 0.15) is 11.5 Å². The zero-order chi connectivity index (χ0) is 17.5. The second kappa shape index (κ2) is 8.86. The smallest absolute Gasteiger partial charge is 0.258 e. The van der Waals surface area contributed by atoms with E-state index in [9.17, 15) is 9.59 Å². The molecule has 0 saturated heterocycles. The summed E-state index contributed by atoms with van der Waals surface area (Å²) in [6.45, 7) is 6.12. The van der Waals surface area contributed by atoms with E-state index in [2.05, 4.69) is 19.2 Å². The fraction of sp³-hybridized carbons (Fsp3) is 0.600. The van der Waals surface area contributed by atoms with Crippen molar-refractivity contribution in [3.63, 3.8) is 0 Å². The van der Waals surface area contributed by atoms with E-state index >= 15 is 0 Å². The highest BCUT2D eigenvalue weighted by atomic mass is 16.5. The van der Waals surface area contributed by atoms with E-state index in [-0.39, 0.29) is 24.3 Å². The van der Waals surface area contributed by atoms with Crippen molar-refractivity contribution in [2.24, 2.45) is 11.8 Å². The molecule has 1 aromatic rings. The Morgan fingerprint density at radius 3 is 2.54 bits per heavy atom. The SMILES string of the molecule is CC(=O)CCc1ccc(OCC(=O)N[C@@H]2CCC[C@H](C)[C@H]2C)cc1. The Kier molecular flexibility index (Phi) is 6.83. The molecule has 1 N–H and O–H groups in total. The van der Waals surface area contributed by atoms with Crippen molar-refractivity contribution >= 4 is 11.7 Å². The van der Waals surface area contributed by atoms with Gasteiger partial charge in [0.15, 0.2) is 6.61 Å². The zero-order valence-electron chi connectivity index (χ0n) is 15.0. The van der Waals surface area contributed by atoms with Crippen LogP contribution in [-0.2, 0) is 16.0 Å². The van der Waals surface area contributed by atoms with Crippen molar-refractivity contribution in [2.75, 3.05) is 6.61 Å². The number of amides is 1. The van der Waals surface area contributed by atoms with E-state index in [4.69, 9.17) is 4.74 Å². The number of carbonyl (C=O) groups excluding carboxylic acids is 2. The lowest BCUT2D eigenvalue weighted by Crippen LogP contribution is -2.45. The maximum absolute atomic E-state index is 12.1. The minimum Gasteiger partial charge on any atom is -0.484 e. The summed E-state index contributed by atoms with van der Waals surface area (Å²) in [6, 6.07) is 7.86. The molecule has 4 nitrogen and oxygen atoms in total. The molecule has 132 valence electrons. The second-order valence-electron chi connectivity index (χ2n) is 7.08. The normalized spacial score (nSPS) is 23.5. The summed E-state index contributed by atoms with van der Waals surface area (Å²) in [5.74, 6) is 2.00. The van der Waals surface area contributed by atoms with Gasteiger partial charge in [-0.15, -0.1) is 0 Å². The predicted molar refractivity (Wildman–Crippen MR) is 95.0 cm³/mol. The maximum atomic E-state index is 12.1. The van der Waals surface area contributed by atoms with Gasteiger partial charge in [-0.1, -0.05) is 38.8 Å². The molecule has 1 aliphatic carbocycles. The van der Waals surface area contributed by atoms with Gasteiger partial charge in [-0.2, -0.15) is 0 Å². The lowest BCUT2D eigenvalue weighted by Gasteiger charge is -2.34. The van der Waals surface area contributed by atoms with Crippen molar-refractivity contribution in [1.29, 1.82) is 0 Å². The van der Waals surface area contributed by atoms with E-state index in [1.54, 1.807) is 6.92 Å². The minimum atomic E-state index is -0.0541. The van der Waals surface area contributed by atoms with Crippen LogP contribution in [0.1, 0.15) is 52.0 Å². The number of Topliss-reactive ketones (excluding diaryl/α,β-unsaturated/α-hetero) is 1. The summed E-state index contributed by atoms with van der Waals surface area (Å²) in [5, 5.41) is 3.11. The first-order valence-corrected chi connectivity index (χ1v) is 8.96. The Bertz CT molecular complexity index is 553. The molecule has 0 bridgehead atoms. The van der Waals surface area contributed by atoms with E-state index in [1.807, 2.05) is 24.3 Å². The lowest BCUT2D eigenvalue weighted by molar-refractivity contribution is -0.124. The lowest BCUT2D eigenvalue weighted by atomic mass is 9.78. The summed E-state index contributed by atoms with van der Waals surface area (Å²) in [7, 11) is 0. The molecule has 0 heterocycles. The largest absolute Gasteiger partial charge is 0.484 e. The van der Waals surface area contributed by atoms with Crippen LogP contribution < -0.4 is 10.1 Å². The van der Waals surface area contributed by atoms with Gasteiger partial charge >= 0.3 is 0 Å². The van der Waals surface area contributed by atoms with Gasteiger partial charge < -0.3 is 14.8 Å². The summed E-state index contributed by atoms with van der Waals surface area (Å²) in [5.41, 5.74) is 1.10. The quantitative estimate of drug-likeness (QED) is 0.831. The molecule has 0 aliphatic heterocycles. The Labute approximate surface area is 145 Å². The Balaban J connectivity index is 1.76. The van der Waals surface area contributed by atoms with Crippen LogP contribution in [0.4, 0.5) is 0 Å². The number of aryl methyl sites for hydroxylation is 1. The first kappa shape index (κ1) is 18.5. The molecule has 3 atom stereocenters. The van der Waals surface area contributed by atoms with Gasteiger partial charge in [-0.25, -0.2) is 0 Å². The minimum absolute atomic E-state index is 0.0460. The van der Waals surface area contributed by atoms with E-state index in [0.29, 0.717) is 24.0 Å². The molecule has 1 amide bonds. The summed E-state index contributed by atoms with van der Waals surface area (Å²) >= 11 is 0. The van der Waals surface area contributed by atoms with Crippen LogP contribution >= 0.6 is 0 Å². The summed E-state index contributed by atoms with van der Waals surface area (Å²) in [4.78, 5) is 23.1. The van der Waals surface area contributed by atoms with Crippen molar-refractivity contribution < 1.29 is 14.3 Å². The molecule has 1 aromatic carbocycles. The highest BCUT2D eigenvalue weighted by Gasteiger charge is 2.28. The number of ether oxygens (including phenoxy) is 1. The van der Waals surface area contributed by atoms with Crippen molar-refractivity contribution in [2.45, 2.75) is 58.9 Å². The standard InChI is InChI=1S/C20H29NO3/c1-14-5-4-6-19(16(14)3)21-20(23)13-24-18-11-9-17(10-12-18)8-7-15(2)22/h9-12,14,16,19H,4-8,13H2,1-3H3,(H,21,23)/t14-,16+,19+/m0/s1. The predicted octanol–water partition coefficient (Wildman–Crippen LogP) is 3.53. The first-order chi connectivity index (χ1) is 11.5. The second-order valence-corrected chi connectivity index (χ2v) is 7.08. The summed E-state index contributed by atoms with van der Waals surface area (Å²) in [6.07, 6.45) is 4.79. The third kappa shape index (κ3) is 5.66. The highest BCUT2D eigenvalue weighted by molar-refractivity contribution is 5.78. The Hall–Kier alpha value is -1.84. The number of nitrogens with one attached hydrogen (secondary N) is 1. The van der Waals surface area contributed by atoms with Gasteiger partial charge in [0.05, 0.1) is 0 Å². The maximum Gasteiger partial charge on any atom is 0.258 e. The van der Waals surface area contributed by atoms with Crippen LogP contribution in [0.2, 0.25) is 0 Å². The number of ketones is 1. The third-order valence-electron chi connectivity index (χ3n) is 5.11. The molecule has 24 heavy (non-hydrogen) atoms. The fourth-order valence-electron chi connectivity index (χ4n) is 3.26. The van der Waals surface area contributed by atoms with E-state index in [1.165, 1.54) is 12.8 Å². The molecule has 0 aromatic heterocycles. The molecule has 4 heteroatoms. The van der Waals surface area contributed by atoms with Gasteiger partial charge in [0.25, 0.3) is 5.91 Å². The number of carbonyl (C=O) groups is 2. The first-order valence-electron chi connectivity index (χ1n) is 8.96. The number of hydrogen-bond donors (Lipinski definition) is 1. The van der Waals surface area contributed by atoms with Crippen LogP contribution in [-0.4, -0.2) is 24.3 Å². The molecular weight excluding hydrogens is 302 g/mol. The Morgan fingerprint density at radius 1 is 1.17 bits per heavy atom. The topological polar surface area (TPSA) is 55.4 Å². The Morgan fingerprint density at radius 2 is 1.88 bits per heavy atom. The molecule has 0 unspecified atom stereocenters. The summed E-state index contributed by atoms with van der Waals surface area (Å²) < 4.78 is 5.57. The molecule has 2 rings (SSSR count). The molecule has 0 spiro atoms. The van der Waals surface area contributed by atoms with Crippen LogP contribution in [0.5, 0.6) is 5.75 Å². The number of hydrogen-bond acceptors (Lipinski definition) is 3. The van der Waals surface area contributed by atoms with Gasteiger partial charge in [0.2, 0.25) is 0 Å². The van der Waals surface area contributed by atoms with Gasteiger partial charge in [-0.05, 0) is 49.3 Å². The average Bonchev–Trinajstić information content (AvgIpc) is 2.56. The monoisotopic (exact) mass is 331 g/mol. The number of benzene rings is 1. The molecular formula is C20H29NO3. The molecule has 1 saturated carbocycles. The van der Waals surface area contributed by atoms with Gasteiger partial charge in [-0.3, -0.25) is 4.79 Å². The van der Waals surface area contributed by atoms with Crippen LogP contribution in [0.25, 0.3) is 0 Å². The van der Waals surface area contributed by atoms with E-state index in [0.717, 1.165) is 18.4 Å². The van der Waals surface area contributed by atoms with E-state index < -0.39 is 0 Å². The van der Waals surface area contributed by atoms with Crippen LogP contribution in [0.15, 0.2) is 24.3 Å². The zero-order valence-corrected chi connectivity index (χ0v) is 15.0. The van der Waals surface area contributed by atoms with Crippen molar-refractivity contribution in [3.05, 3.63) is 29.8 Å². The molecule has 1 fully saturated rings. The number of rotatable bonds is 7. The average molecular weight is 331 g/mol. The molecule has 0 radical (unpaired) electrons. The highest BCUT2D eigenvalue weighted by Crippen LogP contribution is 2.29. The molecule has 1 aliphatic rings. The van der Waals surface area contributed by atoms with Crippen LogP contribution in [0, 0.1) is 11.8 Å². The van der Waals surface area contributed by atoms with Crippen molar-refractivity contribution in [1.82, 2.24) is 5.32 Å². The van der Waals surface area contributed by atoms with Crippen LogP contribution in [0.3, 0.4) is 0 Å². The fourth-order valence-corrected chi connectivity index (χ4v) is 3.26. The van der Waals surface area contributed by atoms with Gasteiger partial charge in [0, 0.05) is 12.5 Å². The van der Waals surface area contributed by atoms with Crippen molar-refractivity contribution in [3.8, 4) is 5.75 Å².